The molecule has 0 bridgehead atoms. The standard InChI is InChI=1S/C21H24N4O2S2/c1-4-21(2)10-14-15(11-27-21)29-19-17(14)18(22)23-20(24-19)28-12-16(26)25(3)13-8-6-5-7-9-13/h5-9H,4,10-12H2,1-3H3,(H2,22,23,24)/t21-/m0/s1. The summed E-state index contributed by atoms with van der Waals surface area (Å²) in [7, 11) is 1.77. The molecule has 4 rings (SSSR count). The molecule has 1 atom stereocenters. The summed E-state index contributed by atoms with van der Waals surface area (Å²) in [6.07, 6.45) is 1.76. The van der Waals surface area contributed by atoms with Crippen LogP contribution in [0.15, 0.2) is 35.5 Å². The zero-order valence-electron chi connectivity index (χ0n) is 16.8. The summed E-state index contributed by atoms with van der Waals surface area (Å²) in [5.41, 5.74) is 8.22. The van der Waals surface area contributed by atoms with Crippen molar-refractivity contribution in [1.82, 2.24) is 9.97 Å². The van der Waals surface area contributed by atoms with Crippen molar-refractivity contribution >= 4 is 50.7 Å². The highest BCUT2D eigenvalue weighted by Gasteiger charge is 2.33. The van der Waals surface area contributed by atoms with Crippen LogP contribution in [0.5, 0.6) is 0 Å². The number of hydrogen-bond acceptors (Lipinski definition) is 7. The number of carbonyl (C=O) groups excluding carboxylic acids is 1. The van der Waals surface area contributed by atoms with Gasteiger partial charge in [0.25, 0.3) is 0 Å². The highest BCUT2D eigenvalue weighted by molar-refractivity contribution is 7.99. The lowest BCUT2D eigenvalue weighted by molar-refractivity contribution is -0.115. The van der Waals surface area contributed by atoms with E-state index < -0.39 is 0 Å². The number of anilines is 2. The van der Waals surface area contributed by atoms with Gasteiger partial charge in [-0.2, -0.15) is 0 Å². The summed E-state index contributed by atoms with van der Waals surface area (Å²) in [4.78, 5) is 25.4. The van der Waals surface area contributed by atoms with E-state index in [1.807, 2.05) is 30.3 Å². The molecule has 152 valence electrons. The van der Waals surface area contributed by atoms with Crippen LogP contribution in [0, 0.1) is 0 Å². The largest absolute Gasteiger partial charge is 0.383 e. The highest BCUT2D eigenvalue weighted by Crippen LogP contribution is 2.41. The van der Waals surface area contributed by atoms with Gasteiger partial charge in [-0.1, -0.05) is 36.9 Å². The Balaban J connectivity index is 1.53. The van der Waals surface area contributed by atoms with Gasteiger partial charge in [0.15, 0.2) is 5.16 Å². The number of thiophene rings is 1. The fourth-order valence-electron chi connectivity index (χ4n) is 3.39. The van der Waals surface area contributed by atoms with E-state index in [9.17, 15) is 4.79 Å². The first-order chi connectivity index (χ1) is 13.9. The molecular formula is C21H24N4O2S2. The maximum Gasteiger partial charge on any atom is 0.237 e. The number of thioether (sulfide) groups is 1. The van der Waals surface area contributed by atoms with Gasteiger partial charge in [0.1, 0.15) is 10.6 Å². The van der Waals surface area contributed by atoms with E-state index in [0.717, 1.165) is 28.7 Å². The SMILES string of the molecule is CC[C@@]1(C)Cc2c(sc3nc(SCC(=O)N(C)c4ccccc4)nc(N)c23)CO1. The quantitative estimate of drug-likeness (QED) is 0.483. The number of ether oxygens (including phenoxy) is 1. The third-order valence-corrected chi connectivity index (χ3v) is 7.37. The number of rotatable bonds is 5. The van der Waals surface area contributed by atoms with Crippen molar-refractivity contribution in [2.24, 2.45) is 0 Å². The van der Waals surface area contributed by atoms with Crippen molar-refractivity contribution < 1.29 is 9.53 Å². The molecule has 0 fully saturated rings. The van der Waals surface area contributed by atoms with E-state index in [4.69, 9.17) is 10.5 Å². The minimum absolute atomic E-state index is 0.0129. The number of nitrogens with two attached hydrogens (primary N) is 1. The summed E-state index contributed by atoms with van der Waals surface area (Å²) in [5.74, 6) is 0.721. The van der Waals surface area contributed by atoms with E-state index in [-0.39, 0.29) is 17.3 Å². The topological polar surface area (TPSA) is 81.3 Å². The molecule has 0 radical (unpaired) electrons. The molecule has 3 heterocycles. The van der Waals surface area contributed by atoms with Gasteiger partial charge in [-0.05, 0) is 31.0 Å². The van der Waals surface area contributed by atoms with E-state index in [1.54, 1.807) is 23.3 Å². The first-order valence-electron chi connectivity index (χ1n) is 9.56. The summed E-state index contributed by atoms with van der Waals surface area (Å²) in [6.45, 7) is 4.86. The van der Waals surface area contributed by atoms with Crippen molar-refractivity contribution in [2.75, 3.05) is 23.4 Å². The minimum atomic E-state index is -0.171. The van der Waals surface area contributed by atoms with E-state index >= 15 is 0 Å². The third kappa shape index (κ3) is 3.97. The first-order valence-corrected chi connectivity index (χ1v) is 11.4. The molecule has 3 aromatic rings. The number of aromatic nitrogens is 2. The zero-order chi connectivity index (χ0) is 20.6. The number of hydrogen-bond donors (Lipinski definition) is 1. The smallest absolute Gasteiger partial charge is 0.237 e. The molecular weight excluding hydrogens is 404 g/mol. The van der Waals surface area contributed by atoms with Crippen LogP contribution in [0.4, 0.5) is 11.5 Å². The lowest BCUT2D eigenvalue weighted by atomic mass is 9.90. The molecule has 2 aromatic heterocycles. The summed E-state index contributed by atoms with van der Waals surface area (Å²) < 4.78 is 6.05. The number of carbonyl (C=O) groups is 1. The Morgan fingerprint density at radius 1 is 1.34 bits per heavy atom. The zero-order valence-corrected chi connectivity index (χ0v) is 18.4. The number of benzene rings is 1. The Morgan fingerprint density at radius 2 is 2.10 bits per heavy atom. The maximum absolute atomic E-state index is 12.5. The van der Waals surface area contributed by atoms with Gasteiger partial charge in [-0.15, -0.1) is 11.3 Å². The second-order valence-electron chi connectivity index (χ2n) is 7.42. The Hall–Kier alpha value is -2.16. The van der Waals surface area contributed by atoms with E-state index in [1.165, 1.54) is 22.2 Å². The van der Waals surface area contributed by atoms with Crippen LogP contribution in [-0.4, -0.2) is 34.3 Å². The number of amides is 1. The minimum Gasteiger partial charge on any atom is -0.383 e. The van der Waals surface area contributed by atoms with Crippen LogP contribution < -0.4 is 10.6 Å². The fourth-order valence-corrected chi connectivity index (χ4v) is 5.32. The van der Waals surface area contributed by atoms with Gasteiger partial charge in [0.05, 0.1) is 23.3 Å². The number of fused-ring (bicyclic) bond motifs is 3. The molecule has 0 saturated heterocycles. The van der Waals surface area contributed by atoms with Crippen LogP contribution in [-0.2, 0) is 22.6 Å². The Labute approximate surface area is 178 Å². The van der Waals surface area contributed by atoms with Crippen molar-refractivity contribution in [3.63, 3.8) is 0 Å². The van der Waals surface area contributed by atoms with Crippen molar-refractivity contribution in [3.05, 3.63) is 40.8 Å². The summed E-state index contributed by atoms with van der Waals surface area (Å²) >= 11 is 2.92. The predicted molar refractivity (Wildman–Crippen MR) is 120 cm³/mol. The second kappa shape index (κ2) is 7.93. The van der Waals surface area contributed by atoms with Crippen LogP contribution in [0.3, 0.4) is 0 Å². The molecule has 0 spiro atoms. The van der Waals surface area contributed by atoms with E-state index in [2.05, 4.69) is 23.8 Å². The number of nitrogens with zero attached hydrogens (tertiary/aromatic N) is 3. The van der Waals surface area contributed by atoms with Crippen molar-refractivity contribution in [1.29, 1.82) is 0 Å². The molecule has 1 aliphatic rings. The van der Waals surface area contributed by atoms with Gasteiger partial charge >= 0.3 is 0 Å². The molecule has 2 N–H and O–H groups in total. The molecule has 1 aliphatic heterocycles. The van der Waals surface area contributed by atoms with Gasteiger partial charge in [0.2, 0.25) is 5.91 Å². The average Bonchev–Trinajstić information content (AvgIpc) is 3.09. The Morgan fingerprint density at radius 3 is 2.83 bits per heavy atom. The van der Waals surface area contributed by atoms with Crippen LogP contribution in [0.25, 0.3) is 10.2 Å². The third-order valence-electron chi connectivity index (χ3n) is 5.43. The lowest BCUT2D eigenvalue weighted by Gasteiger charge is -2.33. The molecule has 0 unspecified atom stereocenters. The van der Waals surface area contributed by atoms with E-state index in [0.29, 0.717) is 17.6 Å². The number of para-hydroxylation sites is 1. The molecule has 0 aliphatic carbocycles. The lowest BCUT2D eigenvalue weighted by Crippen LogP contribution is -2.33. The summed E-state index contributed by atoms with van der Waals surface area (Å²) in [5, 5.41) is 1.48. The van der Waals surface area contributed by atoms with Crippen LogP contribution in [0.1, 0.15) is 30.7 Å². The predicted octanol–water partition coefficient (Wildman–Crippen LogP) is 4.27. The number of nitrogen functional groups attached to an aromatic ring is 1. The van der Waals surface area contributed by atoms with Crippen molar-refractivity contribution in [3.8, 4) is 0 Å². The second-order valence-corrected chi connectivity index (χ2v) is 9.45. The summed E-state index contributed by atoms with van der Waals surface area (Å²) in [6, 6.07) is 9.57. The molecule has 1 amide bonds. The van der Waals surface area contributed by atoms with Crippen LogP contribution >= 0.6 is 23.1 Å². The highest BCUT2D eigenvalue weighted by atomic mass is 32.2. The van der Waals surface area contributed by atoms with Gasteiger partial charge in [0, 0.05) is 24.0 Å². The molecule has 0 saturated carbocycles. The Kier molecular flexibility index (Phi) is 5.50. The van der Waals surface area contributed by atoms with Crippen LogP contribution in [0.2, 0.25) is 0 Å². The monoisotopic (exact) mass is 428 g/mol. The Bertz CT molecular complexity index is 1050. The molecule has 1 aromatic carbocycles. The fraction of sp³-hybridized carbons (Fsp3) is 0.381. The normalized spacial score (nSPS) is 18.6. The molecule has 8 heteroatoms. The molecule has 6 nitrogen and oxygen atoms in total. The average molecular weight is 429 g/mol. The molecule has 29 heavy (non-hydrogen) atoms. The van der Waals surface area contributed by atoms with Crippen molar-refractivity contribution in [2.45, 2.75) is 44.1 Å². The van der Waals surface area contributed by atoms with Gasteiger partial charge in [-0.3, -0.25) is 4.79 Å². The van der Waals surface area contributed by atoms with Gasteiger partial charge in [-0.25, -0.2) is 9.97 Å². The van der Waals surface area contributed by atoms with Gasteiger partial charge < -0.3 is 15.4 Å². The maximum atomic E-state index is 12.5. The first kappa shape index (κ1) is 20.1.